The molecule has 0 aliphatic rings. The maximum atomic E-state index is 11.9. The molecule has 1 heterocycles. The van der Waals surface area contributed by atoms with Gasteiger partial charge in [0, 0.05) is 12.6 Å². The average Bonchev–Trinajstić information content (AvgIpc) is 2.43. The highest BCUT2D eigenvalue weighted by Crippen LogP contribution is 2.03. The molecule has 0 saturated carbocycles. The first kappa shape index (κ1) is 14.8. The van der Waals surface area contributed by atoms with Crippen LogP contribution in [0.4, 0.5) is 0 Å². The van der Waals surface area contributed by atoms with Crippen molar-refractivity contribution in [2.24, 2.45) is 0 Å². The molecule has 0 radical (unpaired) electrons. The SMILES string of the molecule is COC(=O)[C@@H](CCC(C)=O)NC(=O)c1ccccn1. The fourth-order valence-electron chi connectivity index (χ4n) is 1.47. The van der Waals surface area contributed by atoms with Gasteiger partial charge in [0.15, 0.2) is 0 Å². The molecule has 0 bridgehead atoms. The van der Waals surface area contributed by atoms with Crippen molar-refractivity contribution in [1.29, 1.82) is 0 Å². The van der Waals surface area contributed by atoms with Gasteiger partial charge in [0.25, 0.3) is 5.91 Å². The number of rotatable bonds is 6. The average molecular weight is 264 g/mol. The Balaban J connectivity index is 2.69. The minimum absolute atomic E-state index is 0.0546. The molecule has 1 N–H and O–H groups in total. The monoisotopic (exact) mass is 264 g/mol. The highest BCUT2D eigenvalue weighted by Gasteiger charge is 2.22. The van der Waals surface area contributed by atoms with Gasteiger partial charge in [0.1, 0.15) is 17.5 Å². The summed E-state index contributed by atoms with van der Waals surface area (Å²) < 4.78 is 4.60. The van der Waals surface area contributed by atoms with Gasteiger partial charge in [-0.3, -0.25) is 9.78 Å². The number of nitrogens with zero attached hydrogens (tertiary/aromatic N) is 1. The first-order valence-electron chi connectivity index (χ1n) is 5.83. The second-order valence-electron chi connectivity index (χ2n) is 4.00. The molecular weight excluding hydrogens is 248 g/mol. The summed E-state index contributed by atoms with van der Waals surface area (Å²) in [5.74, 6) is -1.11. The number of carbonyl (C=O) groups is 3. The first-order chi connectivity index (χ1) is 9.04. The lowest BCUT2D eigenvalue weighted by molar-refractivity contribution is -0.143. The summed E-state index contributed by atoms with van der Waals surface area (Å²) in [7, 11) is 1.23. The highest BCUT2D eigenvalue weighted by molar-refractivity contribution is 5.95. The highest BCUT2D eigenvalue weighted by atomic mass is 16.5. The lowest BCUT2D eigenvalue weighted by Gasteiger charge is -2.15. The molecule has 1 aromatic heterocycles. The predicted octanol–water partition coefficient (Wildman–Crippen LogP) is 0.722. The molecule has 0 aliphatic heterocycles. The molecule has 0 fully saturated rings. The number of hydrogen-bond acceptors (Lipinski definition) is 5. The Hall–Kier alpha value is -2.24. The molecule has 0 aromatic carbocycles. The molecule has 0 aliphatic carbocycles. The van der Waals surface area contributed by atoms with Crippen LogP contribution < -0.4 is 5.32 Å². The van der Waals surface area contributed by atoms with Crippen molar-refractivity contribution in [2.45, 2.75) is 25.8 Å². The second-order valence-corrected chi connectivity index (χ2v) is 4.00. The van der Waals surface area contributed by atoms with E-state index in [1.54, 1.807) is 12.1 Å². The Bertz CT molecular complexity index is 459. The molecule has 1 rings (SSSR count). The van der Waals surface area contributed by atoms with Crippen LogP contribution in [0.1, 0.15) is 30.3 Å². The first-order valence-corrected chi connectivity index (χ1v) is 5.83. The van der Waals surface area contributed by atoms with Gasteiger partial charge in [0.2, 0.25) is 0 Å². The van der Waals surface area contributed by atoms with Crippen molar-refractivity contribution in [3.8, 4) is 0 Å². The van der Waals surface area contributed by atoms with E-state index < -0.39 is 17.9 Å². The fourth-order valence-corrected chi connectivity index (χ4v) is 1.47. The van der Waals surface area contributed by atoms with Crippen molar-refractivity contribution >= 4 is 17.7 Å². The van der Waals surface area contributed by atoms with E-state index in [0.717, 1.165) is 0 Å². The number of amides is 1. The van der Waals surface area contributed by atoms with Gasteiger partial charge < -0.3 is 14.8 Å². The molecule has 0 spiro atoms. The summed E-state index contributed by atoms with van der Waals surface area (Å²) in [4.78, 5) is 38.2. The summed E-state index contributed by atoms with van der Waals surface area (Å²) in [5, 5.41) is 2.51. The smallest absolute Gasteiger partial charge is 0.328 e. The van der Waals surface area contributed by atoms with Crippen LogP contribution in [0.25, 0.3) is 0 Å². The fraction of sp³-hybridized carbons (Fsp3) is 0.385. The molecular formula is C13H16N2O4. The lowest BCUT2D eigenvalue weighted by atomic mass is 10.1. The van der Waals surface area contributed by atoms with Crippen LogP contribution in [-0.2, 0) is 14.3 Å². The van der Waals surface area contributed by atoms with Gasteiger partial charge in [-0.25, -0.2) is 4.79 Å². The predicted molar refractivity (Wildman–Crippen MR) is 67.4 cm³/mol. The van der Waals surface area contributed by atoms with Crippen LogP contribution in [0.5, 0.6) is 0 Å². The Morgan fingerprint density at radius 2 is 2.11 bits per heavy atom. The van der Waals surface area contributed by atoms with Crippen LogP contribution in [-0.4, -0.2) is 35.8 Å². The number of ether oxygens (including phenoxy) is 1. The summed E-state index contributed by atoms with van der Waals surface area (Å²) in [6.45, 7) is 1.43. The zero-order valence-corrected chi connectivity index (χ0v) is 10.9. The number of esters is 1. The largest absolute Gasteiger partial charge is 0.467 e. The van der Waals surface area contributed by atoms with E-state index in [1.807, 2.05) is 0 Å². The molecule has 1 aromatic rings. The van der Waals surface area contributed by atoms with E-state index in [4.69, 9.17) is 0 Å². The van der Waals surface area contributed by atoms with Crippen molar-refractivity contribution in [1.82, 2.24) is 10.3 Å². The molecule has 0 unspecified atom stereocenters. The number of nitrogens with one attached hydrogen (secondary N) is 1. The van der Waals surface area contributed by atoms with E-state index in [-0.39, 0.29) is 24.3 Å². The maximum absolute atomic E-state index is 11.9. The van der Waals surface area contributed by atoms with Crippen molar-refractivity contribution in [2.75, 3.05) is 7.11 Å². The maximum Gasteiger partial charge on any atom is 0.328 e. The third kappa shape index (κ3) is 4.87. The zero-order chi connectivity index (χ0) is 14.3. The topological polar surface area (TPSA) is 85.4 Å². The molecule has 1 atom stereocenters. The molecule has 6 heteroatoms. The number of ketones is 1. The van der Waals surface area contributed by atoms with Gasteiger partial charge in [-0.1, -0.05) is 6.07 Å². The number of hydrogen-bond donors (Lipinski definition) is 1. The van der Waals surface area contributed by atoms with Crippen LogP contribution >= 0.6 is 0 Å². The van der Waals surface area contributed by atoms with E-state index in [1.165, 1.54) is 26.3 Å². The van der Waals surface area contributed by atoms with Gasteiger partial charge >= 0.3 is 5.97 Å². The zero-order valence-electron chi connectivity index (χ0n) is 10.9. The van der Waals surface area contributed by atoms with Crippen molar-refractivity contribution < 1.29 is 19.1 Å². The van der Waals surface area contributed by atoms with Crippen LogP contribution in [0, 0.1) is 0 Å². The quantitative estimate of drug-likeness (QED) is 0.765. The van der Waals surface area contributed by atoms with Crippen LogP contribution in [0.15, 0.2) is 24.4 Å². The normalized spacial score (nSPS) is 11.5. The standard InChI is InChI=1S/C13H16N2O4/c1-9(16)6-7-11(13(18)19-2)15-12(17)10-5-3-4-8-14-10/h3-5,8,11H,6-7H2,1-2H3,(H,15,17)/t11-/m1/s1. The third-order valence-corrected chi connectivity index (χ3v) is 2.47. The summed E-state index contributed by atoms with van der Waals surface area (Å²) in [6.07, 6.45) is 1.89. The molecule has 0 saturated heterocycles. The number of aromatic nitrogens is 1. The van der Waals surface area contributed by atoms with E-state index in [0.29, 0.717) is 0 Å². The van der Waals surface area contributed by atoms with Crippen molar-refractivity contribution in [3.05, 3.63) is 30.1 Å². The van der Waals surface area contributed by atoms with Gasteiger partial charge in [0.05, 0.1) is 7.11 Å². The Morgan fingerprint density at radius 1 is 1.37 bits per heavy atom. The van der Waals surface area contributed by atoms with Crippen molar-refractivity contribution in [3.63, 3.8) is 0 Å². The van der Waals surface area contributed by atoms with Gasteiger partial charge in [-0.15, -0.1) is 0 Å². The number of pyridine rings is 1. The van der Waals surface area contributed by atoms with E-state index >= 15 is 0 Å². The van der Waals surface area contributed by atoms with Gasteiger partial charge in [-0.2, -0.15) is 0 Å². The number of carbonyl (C=O) groups excluding carboxylic acids is 3. The summed E-state index contributed by atoms with van der Waals surface area (Å²) >= 11 is 0. The lowest BCUT2D eigenvalue weighted by Crippen LogP contribution is -2.42. The van der Waals surface area contributed by atoms with E-state index in [2.05, 4.69) is 15.0 Å². The number of Topliss-reactive ketones (excluding diaryl/α,β-unsaturated/α-hetero) is 1. The Kier molecular flexibility index (Phi) is 5.66. The summed E-state index contributed by atoms with van der Waals surface area (Å²) in [6, 6.07) is 4.05. The van der Waals surface area contributed by atoms with Crippen LogP contribution in [0.2, 0.25) is 0 Å². The minimum atomic E-state index is -0.844. The Labute approximate surface area is 111 Å². The van der Waals surface area contributed by atoms with E-state index in [9.17, 15) is 14.4 Å². The Morgan fingerprint density at radius 3 is 2.63 bits per heavy atom. The van der Waals surface area contributed by atoms with Gasteiger partial charge in [-0.05, 0) is 25.5 Å². The third-order valence-electron chi connectivity index (χ3n) is 2.47. The molecule has 102 valence electrons. The molecule has 6 nitrogen and oxygen atoms in total. The van der Waals surface area contributed by atoms with Crippen LogP contribution in [0.3, 0.4) is 0 Å². The summed E-state index contributed by atoms with van der Waals surface area (Å²) in [5.41, 5.74) is 0.208. The second kappa shape index (κ2) is 7.25. The molecule has 19 heavy (non-hydrogen) atoms. The number of methoxy groups -OCH3 is 1. The molecule has 1 amide bonds. The minimum Gasteiger partial charge on any atom is -0.467 e.